The summed E-state index contributed by atoms with van der Waals surface area (Å²) in [5.74, 6) is 1.25. The maximum atomic E-state index is 6.17. The van der Waals surface area contributed by atoms with Gasteiger partial charge in [0.1, 0.15) is 0 Å². The molecule has 1 heterocycles. The highest BCUT2D eigenvalue weighted by molar-refractivity contribution is 9.10. The highest BCUT2D eigenvalue weighted by Crippen LogP contribution is 2.32. The van der Waals surface area contributed by atoms with E-state index in [0.717, 1.165) is 22.9 Å². The molecule has 1 fully saturated rings. The smallest absolute Gasteiger partial charge is 0.228 e. The lowest BCUT2D eigenvalue weighted by atomic mass is 9.75. The lowest BCUT2D eigenvalue weighted by molar-refractivity contribution is 0.222. The first kappa shape index (κ1) is 11.9. The molecule has 94 valence electrons. The molecule has 0 bridgehead atoms. The van der Waals surface area contributed by atoms with Gasteiger partial charge in [0.25, 0.3) is 0 Å². The molecular formula is C13H14BrN3O. The van der Waals surface area contributed by atoms with Crippen LogP contribution in [-0.2, 0) is 6.42 Å². The summed E-state index contributed by atoms with van der Waals surface area (Å²) in [4.78, 5) is 4.41. The van der Waals surface area contributed by atoms with Gasteiger partial charge in [-0.2, -0.15) is 4.98 Å². The number of halogens is 1. The Morgan fingerprint density at radius 3 is 2.89 bits per heavy atom. The topological polar surface area (TPSA) is 64.9 Å². The van der Waals surface area contributed by atoms with E-state index in [9.17, 15) is 0 Å². The number of rotatable bonds is 3. The van der Waals surface area contributed by atoms with Crippen LogP contribution in [0.15, 0.2) is 33.3 Å². The summed E-state index contributed by atoms with van der Waals surface area (Å²) >= 11 is 3.43. The van der Waals surface area contributed by atoms with Crippen molar-refractivity contribution in [1.82, 2.24) is 10.1 Å². The highest BCUT2D eigenvalue weighted by atomic mass is 79.9. The lowest BCUT2D eigenvalue weighted by Crippen LogP contribution is -2.48. The highest BCUT2D eigenvalue weighted by Gasteiger charge is 2.34. The molecule has 0 atom stereocenters. The number of hydrogen-bond donors (Lipinski definition) is 1. The normalized spacial score (nSPS) is 17.4. The van der Waals surface area contributed by atoms with E-state index in [-0.39, 0.29) is 5.54 Å². The van der Waals surface area contributed by atoms with Crippen LogP contribution in [-0.4, -0.2) is 15.7 Å². The SMILES string of the molecule is NC1(Cc2nc(-c3cccc(Br)c3)no2)CCC1. The molecule has 0 saturated heterocycles. The predicted octanol–water partition coefficient (Wildman–Crippen LogP) is 2.92. The fraction of sp³-hybridized carbons (Fsp3) is 0.385. The predicted molar refractivity (Wildman–Crippen MR) is 71.9 cm³/mol. The number of hydrogen-bond acceptors (Lipinski definition) is 4. The van der Waals surface area contributed by atoms with Gasteiger partial charge in [0.15, 0.2) is 0 Å². The molecule has 1 aromatic heterocycles. The first-order valence-corrected chi connectivity index (χ1v) is 6.81. The fourth-order valence-electron chi connectivity index (χ4n) is 2.18. The monoisotopic (exact) mass is 307 g/mol. The molecule has 5 heteroatoms. The molecule has 18 heavy (non-hydrogen) atoms. The molecule has 0 spiro atoms. The second-order valence-electron chi connectivity index (χ2n) is 4.91. The van der Waals surface area contributed by atoms with E-state index < -0.39 is 0 Å². The Balaban J connectivity index is 1.81. The van der Waals surface area contributed by atoms with Gasteiger partial charge in [0.05, 0.1) is 0 Å². The Labute approximate surface area is 114 Å². The van der Waals surface area contributed by atoms with Crippen molar-refractivity contribution in [1.29, 1.82) is 0 Å². The summed E-state index contributed by atoms with van der Waals surface area (Å²) in [7, 11) is 0. The average Bonchev–Trinajstić information content (AvgIpc) is 2.75. The maximum Gasteiger partial charge on any atom is 0.228 e. The minimum absolute atomic E-state index is 0.124. The van der Waals surface area contributed by atoms with Crippen LogP contribution < -0.4 is 5.73 Å². The first-order chi connectivity index (χ1) is 8.65. The van der Waals surface area contributed by atoms with Crippen molar-refractivity contribution in [3.63, 3.8) is 0 Å². The second-order valence-corrected chi connectivity index (χ2v) is 5.83. The number of aromatic nitrogens is 2. The van der Waals surface area contributed by atoms with Crippen LogP contribution in [0, 0.1) is 0 Å². The van der Waals surface area contributed by atoms with Crippen LogP contribution in [0.25, 0.3) is 11.4 Å². The average molecular weight is 308 g/mol. The Kier molecular flexibility index (Phi) is 2.95. The van der Waals surface area contributed by atoms with Gasteiger partial charge in [-0.15, -0.1) is 0 Å². The maximum absolute atomic E-state index is 6.17. The summed E-state index contributed by atoms with van der Waals surface area (Å²) < 4.78 is 6.27. The molecule has 0 aliphatic heterocycles. The van der Waals surface area contributed by atoms with Gasteiger partial charge in [-0.25, -0.2) is 0 Å². The van der Waals surface area contributed by atoms with Gasteiger partial charge in [0.2, 0.25) is 11.7 Å². The summed E-state index contributed by atoms with van der Waals surface area (Å²) in [5.41, 5.74) is 6.99. The third-order valence-electron chi connectivity index (χ3n) is 3.40. The van der Waals surface area contributed by atoms with Crippen molar-refractivity contribution in [2.24, 2.45) is 5.73 Å². The van der Waals surface area contributed by atoms with E-state index in [4.69, 9.17) is 10.3 Å². The molecular weight excluding hydrogens is 294 g/mol. The standard InChI is InChI=1S/C13H14BrN3O/c14-10-4-1-3-9(7-10)12-16-11(18-17-12)8-13(15)5-2-6-13/h1,3-4,7H,2,5-6,8,15H2. The Bertz CT molecular complexity index is 563. The summed E-state index contributed by atoms with van der Waals surface area (Å²) in [6.45, 7) is 0. The molecule has 1 saturated carbocycles. The number of nitrogens with zero attached hydrogens (tertiary/aromatic N) is 2. The van der Waals surface area contributed by atoms with Crippen molar-refractivity contribution in [3.8, 4) is 11.4 Å². The summed E-state index contributed by atoms with van der Waals surface area (Å²) in [6, 6.07) is 7.84. The Morgan fingerprint density at radius 2 is 2.22 bits per heavy atom. The van der Waals surface area contributed by atoms with Gasteiger partial charge >= 0.3 is 0 Å². The molecule has 1 aromatic carbocycles. The molecule has 1 aliphatic rings. The van der Waals surface area contributed by atoms with Crippen LogP contribution >= 0.6 is 15.9 Å². The van der Waals surface area contributed by atoms with Gasteiger partial charge in [-0.3, -0.25) is 0 Å². The molecule has 1 aliphatic carbocycles. The van der Waals surface area contributed by atoms with Crippen molar-refractivity contribution >= 4 is 15.9 Å². The fourth-order valence-corrected chi connectivity index (χ4v) is 2.58. The largest absolute Gasteiger partial charge is 0.339 e. The van der Waals surface area contributed by atoms with E-state index >= 15 is 0 Å². The zero-order valence-corrected chi connectivity index (χ0v) is 11.5. The minimum Gasteiger partial charge on any atom is -0.339 e. The first-order valence-electron chi connectivity index (χ1n) is 6.02. The molecule has 2 N–H and O–H groups in total. The van der Waals surface area contributed by atoms with Gasteiger partial charge < -0.3 is 10.3 Å². The molecule has 4 nitrogen and oxygen atoms in total. The van der Waals surface area contributed by atoms with Crippen LogP contribution in [0.2, 0.25) is 0 Å². The van der Waals surface area contributed by atoms with Crippen molar-refractivity contribution in [2.45, 2.75) is 31.2 Å². The van der Waals surface area contributed by atoms with Crippen molar-refractivity contribution in [3.05, 3.63) is 34.6 Å². The minimum atomic E-state index is -0.124. The number of benzene rings is 1. The summed E-state index contributed by atoms with van der Waals surface area (Å²) in [5, 5.41) is 4.01. The van der Waals surface area contributed by atoms with Crippen molar-refractivity contribution in [2.75, 3.05) is 0 Å². The molecule has 2 aromatic rings. The molecule has 0 unspecified atom stereocenters. The molecule has 0 radical (unpaired) electrons. The molecule has 0 amide bonds. The van der Waals surface area contributed by atoms with Gasteiger partial charge in [-0.1, -0.05) is 33.2 Å². The van der Waals surface area contributed by atoms with E-state index in [1.54, 1.807) is 0 Å². The van der Waals surface area contributed by atoms with Crippen molar-refractivity contribution < 1.29 is 4.52 Å². The second kappa shape index (κ2) is 4.48. The van der Waals surface area contributed by atoms with Crippen LogP contribution in [0.3, 0.4) is 0 Å². The third kappa shape index (κ3) is 2.33. The van der Waals surface area contributed by atoms with Gasteiger partial charge in [0, 0.05) is 22.0 Å². The lowest BCUT2D eigenvalue weighted by Gasteiger charge is -2.36. The van der Waals surface area contributed by atoms with E-state index in [1.165, 1.54) is 6.42 Å². The zero-order chi connectivity index (χ0) is 12.6. The van der Waals surface area contributed by atoms with Crippen LogP contribution in [0.5, 0.6) is 0 Å². The Hall–Kier alpha value is -1.20. The Morgan fingerprint density at radius 1 is 1.39 bits per heavy atom. The summed E-state index contributed by atoms with van der Waals surface area (Å²) in [6.07, 6.45) is 3.96. The van der Waals surface area contributed by atoms with Crippen LogP contribution in [0.1, 0.15) is 25.2 Å². The van der Waals surface area contributed by atoms with Gasteiger partial charge in [-0.05, 0) is 31.4 Å². The quantitative estimate of drug-likeness (QED) is 0.947. The van der Waals surface area contributed by atoms with E-state index in [0.29, 0.717) is 18.1 Å². The van der Waals surface area contributed by atoms with E-state index in [1.807, 2.05) is 24.3 Å². The third-order valence-corrected chi connectivity index (χ3v) is 3.90. The van der Waals surface area contributed by atoms with Crippen LogP contribution in [0.4, 0.5) is 0 Å². The van der Waals surface area contributed by atoms with E-state index in [2.05, 4.69) is 26.1 Å². The number of nitrogens with two attached hydrogens (primary N) is 1. The molecule has 3 rings (SSSR count). The zero-order valence-electron chi connectivity index (χ0n) is 9.90.